The molecule has 2 N–H and O–H groups in total. The smallest absolute Gasteiger partial charge is 0.250 e. The molecule has 0 fully saturated rings. The summed E-state index contributed by atoms with van der Waals surface area (Å²) in [6.07, 6.45) is 3.19. The van der Waals surface area contributed by atoms with E-state index >= 15 is 0 Å². The Morgan fingerprint density at radius 1 is 1.13 bits per heavy atom. The van der Waals surface area contributed by atoms with E-state index in [1.54, 1.807) is 12.1 Å². The van der Waals surface area contributed by atoms with Crippen LogP contribution in [0.2, 0.25) is 5.02 Å². The Balaban J connectivity index is 1.93. The number of halogens is 1. The zero-order chi connectivity index (χ0) is 16.8. The van der Waals surface area contributed by atoms with Gasteiger partial charge in [0.2, 0.25) is 5.91 Å². The lowest BCUT2D eigenvalue weighted by Crippen LogP contribution is -2.33. The SMILES string of the molecule is Cc1ccc(C=CC(=O)NC(=S)Nc2cccc(Cl)c2C)cc1. The van der Waals surface area contributed by atoms with Gasteiger partial charge in [0.05, 0.1) is 0 Å². The number of carbonyl (C=O) groups excluding carboxylic acids is 1. The van der Waals surface area contributed by atoms with Crippen LogP contribution in [0.1, 0.15) is 16.7 Å². The molecule has 118 valence electrons. The van der Waals surface area contributed by atoms with Gasteiger partial charge in [-0.25, -0.2) is 0 Å². The van der Waals surface area contributed by atoms with Crippen molar-refractivity contribution in [3.05, 3.63) is 70.3 Å². The highest BCUT2D eigenvalue weighted by Gasteiger charge is 2.05. The molecule has 2 aromatic rings. The van der Waals surface area contributed by atoms with Crippen LogP contribution in [-0.4, -0.2) is 11.0 Å². The number of carbonyl (C=O) groups is 1. The summed E-state index contributed by atoms with van der Waals surface area (Å²) in [5.41, 5.74) is 3.77. The van der Waals surface area contributed by atoms with Gasteiger partial charge in [0, 0.05) is 16.8 Å². The van der Waals surface area contributed by atoms with Crippen molar-refractivity contribution in [2.45, 2.75) is 13.8 Å². The monoisotopic (exact) mass is 344 g/mol. The molecule has 1 amide bonds. The normalized spacial score (nSPS) is 10.6. The number of nitrogens with one attached hydrogen (secondary N) is 2. The molecule has 0 aliphatic rings. The second kappa shape index (κ2) is 7.90. The first kappa shape index (κ1) is 17.2. The minimum absolute atomic E-state index is 0.230. The summed E-state index contributed by atoms with van der Waals surface area (Å²) < 4.78 is 0. The number of benzene rings is 2. The highest BCUT2D eigenvalue weighted by molar-refractivity contribution is 7.80. The fourth-order valence-corrected chi connectivity index (χ4v) is 2.28. The fourth-order valence-electron chi connectivity index (χ4n) is 1.90. The number of thiocarbonyl (C=S) groups is 1. The molecule has 2 rings (SSSR count). The van der Waals surface area contributed by atoms with Crippen LogP contribution < -0.4 is 10.6 Å². The zero-order valence-electron chi connectivity index (χ0n) is 12.9. The van der Waals surface area contributed by atoms with E-state index in [4.69, 9.17) is 23.8 Å². The van der Waals surface area contributed by atoms with Gasteiger partial charge >= 0.3 is 0 Å². The Labute approximate surface area is 146 Å². The van der Waals surface area contributed by atoms with Gasteiger partial charge in [0.15, 0.2) is 5.11 Å². The van der Waals surface area contributed by atoms with E-state index < -0.39 is 0 Å². The first-order chi connectivity index (χ1) is 11.0. The molecule has 0 aliphatic carbocycles. The van der Waals surface area contributed by atoms with Gasteiger partial charge in [-0.1, -0.05) is 47.5 Å². The van der Waals surface area contributed by atoms with Crippen LogP contribution in [0, 0.1) is 13.8 Å². The zero-order valence-corrected chi connectivity index (χ0v) is 14.5. The van der Waals surface area contributed by atoms with Crippen molar-refractivity contribution < 1.29 is 4.79 Å². The predicted molar refractivity (Wildman–Crippen MR) is 101 cm³/mol. The van der Waals surface area contributed by atoms with Gasteiger partial charge in [0.25, 0.3) is 0 Å². The highest BCUT2D eigenvalue weighted by atomic mass is 35.5. The van der Waals surface area contributed by atoms with Crippen LogP contribution in [0.4, 0.5) is 5.69 Å². The maximum absolute atomic E-state index is 11.9. The number of hydrogen-bond acceptors (Lipinski definition) is 2. The third-order valence-electron chi connectivity index (χ3n) is 3.26. The van der Waals surface area contributed by atoms with Gasteiger partial charge in [-0.3, -0.25) is 10.1 Å². The van der Waals surface area contributed by atoms with Gasteiger partial charge in [-0.15, -0.1) is 0 Å². The summed E-state index contributed by atoms with van der Waals surface area (Å²) in [5, 5.41) is 6.45. The molecular formula is C18H17ClN2OS. The van der Waals surface area contributed by atoms with Crippen molar-refractivity contribution in [3.63, 3.8) is 0 Å². The van der Waals surface area contributed by atoms with Gasteiger partial charge in [-0.05, 0) is 55.4 Å². The highest BCUT2D eigenvalue weighted by Crippen LogP contribution is 2.22. The molecule has 0 bridgehead atoms. The molecule has 0 atom stereocenters. The average molecular weight is 345 g/mol. The van der Waals surface area contributed by atoms with Gasteiger partial charge in [0.1, 0.15) is 0 Å². The molecule has 3 nitrogen and oxygen atoms in total. The van der Waals surface area contributed by atoms with Crippen molar-refractivity contribution in [2.24, 2.45) is 0 Å². The van der Waals surface area contributed by atoms with E-state index in [1.165, 1.54) is 11.6 Å². The van der Waals surface area contributed by atoms with Crippen LogP contribution in [0.25, 0.3) is 6.08 Å². The first-order valence-electron chi connectivity index (χ1n) is 7.07. The summed E-state index contributed by atoms with van der Waals surface area (Å²) in [6.45, 7) is 3.90. The number of rotatable bonds is 3. The summed E-state index contributed by atoms with van der Waals surface area (Å²) in [4.78, 5) is 11.9. The molecule has 0 unspecified atom stereocenters. The summed E-state index contributed by atoms with van der Waals surface area (Å²) >= 11 is 11.2. The Bertz CT molecular complexity index is 754. The number of hydrogen-bond donors (Lipinski definition) is 2. The van der Waals surface area contributed by atoms with E-state index in [9.17, 15) is 4.79 Å². The van der Waals surface area contributed by atoms with Crippen molar-refractivity contribution >= 4 is 46.6 Å². The van der Waals surface area contributed by atoms with E-state index in [0.29, 0.717) is 5.02 Å². The molecule has 0 spiro atoms. The van der Waals surface area contributed by atoms with Crippen LogP contribution >= 0.6 is 23.8 Å². The van der Waals surface area contributed by atoms with Crippen molar-refractivity contribution in [1.82, 2.24) is 5.32 Å². The Morgan fingerprint density at radius 3 is 2.52 bits per heavy atom. The Kier molecular flexibility index (Phi) is 5.90. The Hall–Kier alpha value is -2.17. The molecule has 0 radical (unpaired) electrons. The minimum atomic E-state index is -0.289. The number of anilines is 1. The molecule has 23 heavy (non-hydrogen) atoms. The van der Waals surface area contributed by atoms with E-state index in [0.717, 1.165) is 16.8 Å². The lowest BCUT2D eigenvalue weighted by atomic mass is 10.1. The fraction of sp³-hybridized carbons (Fsp3) is 0.111. The topological polar surface area (TPSA) is 41.1 Å². The third kappa shape index (κ3) is 5.20. The quantitative estimate of drug-likeness (QED) is 0.637. The summed E-state index contributed by atoms with van der Waals surface area (Å²) in [7, 11) is 0. The molecular weight excluding hydrogens is 328 g/mol. The van der Waals surface area contributed by atoms with E-state index in [2.05, 4.69) is 10.6 Å². The van der Waals surface area contributed by atoms with Crippen molar-refractivity contribution in [3.8, 4) is 0 Å². The lowest BCUT2D eigenvalue weighted by molar-refractivity contribution is -0.115. The largest absolute Gasteiger partial charge is 0.332 e. The second-order valence-corrected chi connectivity index (χ2v) is 5.92. The maximum atomic E-state index is 11.9. The number of aryl methyl sites for hydroxylation is 1. The molecule has 0 saturated carbocycles. The molecule has 0 aliphatic heterocycles. The minimum Gasteiger partial charge on any atom is -0.332 e. The molecule has 5 heteroatoms. The van der Waals surface area contributed by atoms with Crippen molar-refractivity contribution in [1.29, 1.82) is 0 Å². The molecule has 0 aromatic heterocycles. The van der Waals surface area contributed by atoms with E-state index in [-0.39, 0.29) is 11.0 Å². The molecule has 2 aromatic carbocycles. The second-order valence-electron chi connectivity index (χ2n) is 5.10. The lowest BCUT2D eigenvalue weighted by Gasteiger charge is -2.11. The summed E-state index contributed by atoms with van der Waals surface area (Å²) in [6, 6.07) is 13.3. The van der Waals surface area contributed by atoms with E-state index in [1.807, 2.05) is 50.2 Å². The van der Waals surface area contributed by atoms with Crippen molar-refractivity contribution in [2.75, 3.05) is 5.32 Å². The maximum Gasteiger partial charge on any atom is 0.250 e. The third-order valence-corrected chi connectivity index (χ3v) is 3.87. The van der Waals surface area contributed by atoms with Gasteiger partial charge in [-0.2, -0.15) is 0 Å². The molecule has 0 saturated heterocycles. The molecule has 0 heterocycles. The first-order valence-corrected chi connectivity index (χ1v) is 7.86. The predicted octanol–water partition coefficient (Wildman–Crippen LogP) is 4.48. The number of amides is 1. The van der Waals surface area contributed by atoms with Gasteiger partial charge < -0.3 is 5.32 Å². The Morgan fingerprint density at radius 2 is 1.83 bits per heavy atom. The van der Waals surface area contributed by atoms with Crippen LogP contribution in [0.15, 0.2) is 48.5 Å². The van der Waals surface area contributed by atoms with Crippen LogP contribution in [0.5, 0.6) is 0 Å². The van der Waals surface area contributed by atoms with Crippen LogP contribution in [-0.2, 0) is 4.79 Å². The standard InChI is InChI=1S/C18H17ClN2OS/c1-12-6-8-14(9-7-12)10-11-17(22)21-18(23)20-16-5-3-4-15(19)13(16)2/h3-11H,1-2H3,(H2,20,21,22,23). The average Bonchev–Trinajstić information content (AvgIpc) is 2.51. The summed E-state index contributed by atoms with van der Waals surface area (Å²) in [5.74, 6) is -0.289. The van der Waals surface area contributed by atoms with Crippen LogP contribution in [0.3, 0.4) is 0 Å².